The van der Waals surface area contributed by atoms with E-state index in [1.165, 1.54) is 0 Å². The van der Waals surface area contributed by atoms with Crippen molar-refractivity contribution in [1.82, 2.24) is 15.5 Å². The van der Waals surface area contributed by atoms with Crippen LogP contribution in [0.15, 0.2) is 42.5 Å². The second-order valence-corrected chi connectivity index (χ2v) is 10.7. The Hall–Kier alpha value is -2.87. The molecule has 0 saturated carbocycles. The Kier molecular flexibility index (Phi) is 8.67. The molecule has 3 aliphatic rings. The topological polar surface area (TPSA) is 97.0 Å². The first-order valence-electron chi connectivity index (χ1n) is 13.2. The number of allylic oxidation sites excluding steroid dienone is 2. The third-order valence-electron chi connectivity index (χ3n) is 7.58. The zero-order chi connectivity index (χ0) is 25.5. The van der Waals surface area contributed by atoms with E-state index in [9.17, 15) is 14.4 Å². The van der Waals surface area contributed by atoms with Gasteiger partial charge < -0.3 is 25.0 Å². The summed E-state index contributed by atoms with van der Waals surface area (Å²) >= 11 is 0. The summed E-state index contributed by atoms with van der Waals surface area (Å²) in [5, 5.41) is 6.04. The van der Waals surface area contributed by atoms with Crippen LogP contribution in [0.1, 0.15) is 57.9 Å². The highest BCUT2D eigenvalue weighted by atomic mass is 16.5. The van der Waals surface area contributed by atoms with Crippen molar-refractivity contribution in [1.29, 1.82) is 0 Å². The summed E-state index contributed by atoms with van der Waals surface area (Å²) in [4.78, 5) is 39.9. The molecule has 2 heterocycles. The van der Waals surface area contributed by atoms with E-state index in [4.69, 9.17) is 9.47 Å². The molecule has 4 rings (SSSR count). The Morgan fingerprint density at radius 3 is 2.72 bits per heavy atom. The van der Waals surface area contributed by atoms with Crippen LogP contribution in [0.3, 0.4) is 0 Å². The smallest absolute Gasteiger partial charge is 0.407 e. The van der Waals surface area contributed by atoms with E-state index >= 15 is 0 Å². The minimum atomic E-state index is -0.519. The van der Waals surface area contributed by atoms with Gasteiger partial charge in [-0.15, -0.1) is 0 Å². The second kappa shape index (κ2) is 11.9. The number of rotatable bonds is 8. The number of ether oxygens (including phenoxy) is 2. The van der Waals surface area contributed by atoms with E-state index in [1.54, 1.807) is 0 Å². The molecule has 8 heteroatoms. The quantitative estimate of drug-likeness (QED) is 0.536. The number of nitrogens with one attached hydrogen (secondary N) is 2. The maximum absolute atomic E-state index is 13.1. The van der Waals surface area contributed by atoms with Gasteiger partial charge in [0.05, 0.1) is 18.2 Å². The first-order chi connectivity index (χ1) is 17.3. The second-order valence-electron chi connectivity index (χ2n) is 10.7. The fourth-order valence-electron chi connectivity index (χ4n) is 5.32. The SMILES string of the molecule is CC(C)[C@@H](CC(=O)N1CCC2(CC(NC(=O)[C@H]3CC=CCC3)CO2)C1)NC(=O)OCc1ccccc1. The van der Waals surface area contributed by atoms with Gasteiger partial charge in [-0.3, -0.25) is 9.59 Å². The number of likely N-dealkylation sites (tertiary alicyclic amines) is 1. The Labute approximate surface area is 213 Å². The third kappa shape index (κ3) is 6.87. The van der Waals surface area contributed by atoms with Crippen LogP contribution in [-0.2, 0) is 25.7 Å². The van der Waals surface area contributed by atoms with E-state index in [0.29, 0.717) is 19.7 Å². The molecule has 0 bridgehead atoms. The summed E-state index contributed by atoms with van der Waals surface area (Å²) in [6.07, 6.45) is 8.05. The van der Waals surface area contributed by atoms with Crippen molar-refractivity contribution in [2.24, 2.45) is 11.8 Å². The zero-order valence-corrected chi connectivity index (χ0v) is 21.4. The predicted molar refractivity (Wildman–Crippen MR) is 136 cm³/mol. The summed E-state index contributed by atoms with van der Waals surface area (Å²) in [7, 11) is 0. The molecule has 1 aromatic carbocycles. The van der Waals surface area contributed by atoms with E-state index in [1.807, 2.05) is 49.1 Å². The molecule has 2 fully saturated rings. The number of alkyl carbamates (subject to hydrolysis) is 1. The molecule has 2 unspecified atom stereocenters. The Morgan fingerprint density at radius 2 is 2.00 bits per heavy atom. The number of carbonyl (C=O) groups excluding carboxylic acids is 3. The molecule has 1 aromatic rings. The minimum Gasteiger partial charge on any atom is -0.445 e. The van der Waals surface area contributed by atoms with Crippen molar-refractivity contribution < 1.29 is 23.9 Å². The van der Waals surface area contributed by atoms with Gasteiger partial charge in [0.15, 0.2) is 0 Å². The van der Waals surface area contributed by atoms with Crippen LogP contribution in [0.25, 0.3) is 0 Å². The average Bonchev–Trinajstić information content (AvgIpc) is 3.49. The van der Waals surface area contributed by atoms with Crippen molar-refractivity contribution in [2.75, 3.05) is 19.7 Å². The van der Waals surface area contributed by atoms with Gasteiger partial charge in [-0.1, -0.05) is 56.3 Å². The highest BCUT2D eigenvalue weighted by molar-refractivity contribution is 5.79. The van der Waals surface area contributed by atoms with Crippen molar-refractivity contribution in [3.05, 3.63) is 48.0 Å². The summed E-state index contributed by atoms with van der Waals surface area (Å²) in [5.74, 6) is 0.236. The number of hydrogen-bond donors (Lipinski definition) is 2. The van der Waals surface area contributed by atoms with Gasteiger partial charge in [-0.05, 0) is 37.2 Å². The summed E-state index contributed by atoms with van der Waals surface area (Å²) in [6.45, 7) is 5.78. The number of benzene rings is 1. The average molecular weight is 498 g/mol. The summed E-state index contributed by atoms with van der Waals surface area (Å²) in [5.41, 5.74) is 0.518. The van der Waals surface area contributed by atoms with Crippen LogP contribution in [0, 0.1) is 11.8 Å². The van der Waals surface area contributed by atoms with Crippen LogP contribution in [0.4, 0.5) is 4.79 Å². The van der Waals surface area contributed by atoms with Gasteiger partial charge in [-0.25, -0.2) is 4.79 Å². The van der Waals surface area contributed by atoms with Crippen LogP contribution < -0.4 is 10.6 Å². The number of amides is 3. The van der Waals surface area contributed by atoms with Crippen molar-refractivity contribution in [3.63, 3.8) is 0 Å². The van der Waals surface area contributed by atoms with Crippen LogP contribution >= 0.6 is 0 Å². The maximum atomic E-state index is 13.1. The van der Waals surface area contributed by atoms with E-state index in [2.05, 4.69) is 22.8 Å². The van der Waals surface area contributed by atoms with E-state index < -0.39 is 11.7 Å². The first-order valence-corrected chi connectivity index (χ1v) is 13.2. The van der Waals surface area contributed by atoms with Gasteiger partial charge in [0.2, 0.25) is 11.8 Å². The summed E-state index contributed by atoms with van der Waals surface area (Å²) < 4.78 is 11.5. The van der Waals surface area contributed by atoms with Gasteiger partial charge in [0.1, 0.15) is 6.61 Å². The molecule has 2 N–H and O–H groups in total. The van der Waals surface area contributed by atoms with E-state index in [-0.39, 0.29) is 48.8 Å². The van der Waals surface area contributed by atoms with Crippen molar-refractivity contribution in [3.8, 4) is 0 Å². The lowest BCUT2D eigenvalue weighted by Crippen LogP contribution is -2.44. The van der Waals surface area contributed by atoms with Gasteiger partial charge in [-0.2, -0.15) is 0 Å². The van der Waals surface area contributed by atoms with Crippen LogP contribution in [-0.4, -0.2) is 60.2 Å². The maximum Gasteiger partial charge on any atom is 0.407 e. The molecule has 0 aromatic heterocycles. The first kappa shape index (κ1) is 26.2. The lowest BCUT2D eigenvalue weighted by atomic mass is 9.92. The van der Waals surface area contributed by atoms with E-state index in [0.717, 1.165) is 37.7 Å². The van der Waals surface area contributed by atoms with Gasteiger partial charge in [0.25, 0.3) is 0 Å². The molecule has 1 aliphatic carbocycles. The molecule has 8 nitrogen and oxygen atoms in total. The monoisotopic (exact) mass is 497 g/mol. The Morgan fingerprint density at radius 1 is 1.19 bits per heavy atom. The molecule has 36 heavy (non-hydrogen) atoms. The molecule has 2 saturated heterocycles. The zero-order valence-electron chi connectivity index (χ0n) is 21.4. The van der Waals surface area contributed by atoms with Gasteiger partial charge in [0, 0.05) is 37.9 Å². The van der Waals surface area contributed by atoms with Crippen molar-refractivity contribution >= 4 is 17.9 Å². The molecule has 3 amide bonds. The highest BCUT2D eigenvalue weighted by Crippen LogP contribution is 2.36. The molecule has 0 radical (unpaired) electrons. The number of hydrogen-bond acceptors (Lipinski definition) is 5. The fourth-order valence-corrected chi connectivity index (χ4v) is 5.32. The van der Waals surface area contributed by atoms with Crippen LogP contribution in [0.2, 0.25) is 0 Å². The summed E-state index contributed by atoms with van der Waals surface area (Å²) in [6, 6.07) is 9.17. The fraction of sp³-hybridized carbons (Fsp3) is 0.607. The third-order valence-corrected chi connectivity index (χ3v) is 7.58. The lowest BCUT2D eigenvalue weighted by Gasteiger charge is -2.26. The number of nitrogens with zero attached hydrogens (tertiary/aromatic N) is 1. The minimum absolute atomic E-state index is 0.000914. The molecule has 2 aliphatic heterocycles. The molecular formula is C28H39N3O5. The number of carbonyl (C=O) groups is 3. The van der Waals surface area contributed by atoms with Gasteiger partial charge >= 0.3 is 6.09 Å². The van der Waals surface area contributed by atoms with Crippen molar-refractivity contribution in [2.45, 2.75) is 76.7 Å². The molecule has 4 atom stereocenters. The molecule has 1 spiro atoms. The molecular weight excluding hydrogens is 458 g/mol. The lowest BCUT2D eigenvalue weighted by molar-refractivity contribution is -0.132. The normalized spacial score (nSPS) is 26.2. The standard InChI is InChI=1S/C28H39N3O5/c1-20(2)24(30-27(34)35-17-21-9-5-3-6-10-21)15-25(32)31-14-13-28(19-31)16-23(18-36-28)29-26(33)22-11-7-4-8-12-22/h3-7,9-10,20,22-24H,8,11-19H2,1-2H3,(H,29,33)(H,30,34)/t22-,23?,24+,28?/m0/s1. The predicted octanol–water partition coefficient (Wildman–Crippen LogP) is 3.56. The largest absolute Gasteiger partial charge is 0.445 e. The highest BCUT2D eigenvalue weighted by Gasteiger charge is 2.47. The molecule has 196 valence electrons. The Balaban J connectivity index is 1.23. The van der Waals surface area contributed by atoms with Crippen LogP contribution in [0.5, 0.6) is 0 Å². The Bertz CT molecular complexity index is 950.